The van der Waals surface area contributed by atoms with E-state index in [1.54, 1.807) is 0 Å². The Balaban J connectivity index is 1.86. The predicted octanol–water partition coefficient (Wildman–Crippen LogP) is 5.01. The first kappa shape index (κ1) is 14.2. The molecule has 0 aliphatic heterocycles. The van der Waals surface area contributed by atoms with Gasteiger partial charge in [-0.25, -0.2) is 0 Å². The van der Waals surface area contributed by atoms with Gasteiger partial charge in [0.2, 0.25) is 0 Å². The van der Waals surface area contributed by atoms with Gasteiger partial charge in [0.25, 0.3) is 0 Å². The molecule has 0 fully saturated rings. The average molecular weight is 288 g/mol. The maximum Gasteiger partial charge on any atom is 0.0428 e. The molecular formula is C20H20N2. The van der Waals surface area contributed by atoms with E-state index in [9.17, 15) is 0 Å². The summed E-state index contributed by atoms with van der Waals surface area (Å²) in [6, 6.07) is 25.1. The van der Waals surface area contributed by atoms with Gasteiger partial charge in [-0.2, -0.15) is 0 Å². The minimum absolute atomic E-state index is 0.778. The number of nitrogen functional groups attached to an aromatic ring is 1. The number of aryl methyl sites for hydroxylation is 1. The van der Waals surface area contributed by atoms with Crippen molar-refractivity contribution in [3.63, 3.8) is 0 Å². The van der Waals surface area contributed by atoms with Crippen LogP contribution < -0.4 is 10.6 Å². The van der Waals surface area contributed by atoms with Gasteiger partial charge in [0, 0.05) is 24.1 Å². The SMILES string of the molecule is Cc1ccc(-c2ccc(N(C)c3cccc(N)c3)cc2)cc1. The van der Waals surface area contributed by atoms with Crippen LogP contribution in [-0.4, -0.2) is 7.05 Å². The van der Waals surface area contributed by atoms with Crippen LogP contribution in [0.2, 0.25) is 0 Å². The highest BCUT2D eigenvalue weighted by Gasteiger charge is 2.05. The van der Waals surface area contributed by atoms with E-state index < -0.39 is 0 Å². The normalized spacial score (nSPS) is 10.5. The molecule has 22 heavy (non-hydrogen) atoms. The molecule has 0 radical (unpaired) electrons. The van der Waals surface area contributed by atoms with Gasteiger partial charge in [-0.15, -0.1) is 0 Å². The van der Waals surface area contributed by atoms with E-state index in [1.807, 2.05) is 18.2 Å². The van der Waals surface area contributed by atoms with Crippen LogP contribution in [0, 0.1) is 6.92 Å². The third kappa shape index (κ3) is 2.96. The second-order valence-electron chi connectivity index (χ2n) is 5.57. The third-order valence-electron chi connectivity index (χ3n) is 3.90. The van der Waals surface area contributed by atoms with Gasteiger partial charge in [0.05, 0.1) is 0 Å². The zero-order chi connectivity index (χ0) is 15.5. The van der Waals surface area contributed by atoms with Gasteiger partial charge < -0.3 is 10.6 Å². The molecule has 0 atom stereocenters. The molecule has 3 aromatic rings. The summed E-state index contributed by atoms with van der Waals surface area (Å²) < 4.78 is 0. The van der Waals surface area contributed by atoms with E-state index in [0.29, 0.717) is 0 Å². The monoisotopic (exact) mass is 288 g/mol. The molecular weight excluding hydrogens is 268 g/mol. The summed E-state index contributed by atoms with van der Waals surface area (Å²) >= 11 is 0. The second kappa shape index (κ2) is 5.94. The molecule has 0 aliphatic rings. The Morgan fingerprint density at radius 1 is 0.727 bits per heavy atom. The molecule has 0 unspecified atom stereocenters. The average Bonchev–Trinajstić information content (AvgIpc) is 2.55. The summed E-state index contributed by atoms with van der Waals surface area (Å²) in [5.74, 6) is 0. The van der Waals surface area contributed by atoms with Gasteiger partial charge in [0.15, 0.2) is 0 Å². The van der Waals surface area contributed by atoms with Crippen molar-refractivity contribution in [3.05, 3.63) is 78.4 Å². The van der Waals surface area contributed by atoms with Crippen LogP contribution in [0.3, 0.4) is 0 Å². The standard InChI is InChI=1S/C20H20N2/c1-15-6-8-16(9-7-15)17-10-12-19(13-11-17)22(2)20-5-3-4-18(21)14-20/h3-14H,21H2,1-2H3. The fourth-order valence-electron chi connectivity index (χ4n) is 2.51. The largest absolute Gasteiger partial charge is 0.399 e. The summed E-state index contributed by atoms with van der Waals surface area (Å²) in [4.78, 5) is 2.13. The first-order valence-electron chi connectivity index (χ1n) is 7.40. The lowest BCUT2D eigenvalue weighted by atomic mass is 10.0. The van der Waals surface area contributed by atoms with Crippen LogP contribution in [0.5, 0.6) is 0 Å². The summed E-state index contributed by atoms with van der Waals surface area (Å²) in [5.41, 5.74) is 12.6. The Morgan fingerprint density at radius 3 is 1.91 bits per heavy atom. The van der Waals surface area contributed by atoms with E-state index in [2.05, 4.69) is 73.5 Å². The topological polar surface area (TPSA) is 29.3 Å². The Labute approximate surface area is 131 Å². The van der Waals surface area contributed by atoms with E-state index >= 15 is 0 Å². The van der Waals surface area contributed by atoms with Crippen LogP contribution in [0.25, 0.3) is 11.1 Å². The highest BCUT2D eigenvalue weighted by atomic mass is 15.1. The van der Waals surface area contributed by atoms with Crippen molar-refractivity contribution in [1.82, 2.24) is 0 Å². The lowest BCUT2D eigenvalue weighted by Gasteiger charge is -2.20. The fourth-order valence-corrected chi connectivity index (χ4v) is 2.51. The molecule has 0 saturated carbocycles. The third-order valence-corrected chi connectivity index (χ3v) is 3.90. The van der Waals surface area contributed by atoms with Gasteiger partial charge in [0.1, 0.15) is 0 Å². The highest BCUT2D eigenvalue weighted by Crippen LogP contribution is 2.28. The Bertz CT molecular complexity index is 758. The predicted molar refractivity (Wildman–Crippen MR) is 95.5 cm³/mol. The highest BCUT2D eigenvalue weighted by molar-refractivity contribution is 5.70. The first-order chi connectivity index (χ1) is 10.6. The number of nitrogens with two attached hydrogens (primary N) is 1. The minimum Gasteiger partial charge on any atom is -0.399 e. The van der Waals surface area contributed by atoms with Gasteiger partial charge in [-0.05, 0) is 48.4 Å². The van der Waals surface area contributed by atoms with Crippen LogP contribution >= 0.6 is 0 Å². The number of nitrogens with zero attached hydrogens (tertiary/aromatic N) is 1. The maximum atomic E-state index is 5.86. The molecule has 3 rings (SSSR count). The molecule has 0 bridgehead atoms. The summed E-state index contributed by atoms with van der Waals surface area (Å²) in [6.45, 7) is 2.10. The molecule has 0 amide bonds. The molecule has 0 aromatic heterocycles. The van der Waals surface area contributed by atoms with Gasteiger partial charge >= 0.3 is 0 Å². The molecule has 0 aliphatic carbocycles. The van der Waals surface area contributed by atoms with E-state index in [-0.39, 0.29) is 0 Å². The fraction of sp³-hybridized carbons (Fsp3) is 0.100. The number of benzene rings is 3. The Hall–Kier alpha value is -2.74. The number of hydrogen-bond donors (Lipinski definition) is 1. The van der Waals surface area contributed by atoms with Crippen LogP contribution in [0.1, 0.15) is 5.56 Å². The van der Waals surface area contributed by atoms with Crippen LogP contribution in [0.4, 0.5) is 17.1 Å². The molecule has 2 nitrogen and oxygen atoms in total. The number of anilines is 3. The summed E-state index contributed by atoms with van der Waals surface area (Å²) in [7, 11) is 2.05. The minimum atomic E-state index is 0.778. The molecule has 3 aromatic carbocycles. The summed E-state index contributed by atoms with van der Waals surface area (Å²) in [5, 5.41) is 0. The lowest BCUT2D eigenvalue weighted by Crippen LogP contribution is -2.09. The van der Waals surface area contributed by atoms with Crippen molar-refractivity contribution in [2.24, 2.45) is 0 Å². The Kier molecular flexibility index (Phi) is 3.84. The first-order valence-corrected chi connectivity index (χ1v) is 7.40. The zero-order valence-corrected chi connectivity index (χ0v) is 13.0. The molecule has 2 heteroatoms. The van der Waals surface area contributed by atoms with Crippen molar-refractivity contribution in [2.45, 2.75) is 6.92 Å². The maximum absolute atomic E-state index is 5.86. The van der Waals surface area contributed by atoms with E-state index in [1.165, 1.54) is 16.7 Å². The smallest absolute Gasteiger partial charge is 0.0428 e. The van der Waals surface area contributed by atoms with Crippen molar-refractivity contribution in [2.75, 3.05) is 17.7 Å². The van der Waals surface area contributed by atoms with Gasteiger partial charge in [-0.1, -0.05) is 48.0 Å². The van der Waals surface area contributed by atoms with Crippen LogP contribution in [0.15, 0.2) is 72.8 Å². The molecule has 2 N–H and O–H groups in total. The molecule has 0 spiro atoms. The zero-order valence-electron chi connectivity index (χ0n) is 13.0. The quantitative estimate of drug-likeness (QED) is 0.686. The lowest BCUT2D eigenvalue weighted by molar-refractivity contribution is 1.21. The summed E-state index contributed by atoms with van der Waals surface area (Å²) in [6.07, 6.45) is 0. The number of rotatable bonds is 3. The van der Waals surface area contributed by atoms with Crippen molar-refractivity contribution in [1.29, 1.82) is 0 Å². The van der Waals surface area contributed by atoms with E-state index in [0.717, 1.165) is 17.1 Å². The van der Waals surface area contributed by atoms with E-state index in [4.69, 9.17) is 5.73 Å². The molecule has 110 valence electrons. The molecule has 0 saturated heterocycles. The Morgan fingerprint density at radius 2 is 1.32 bits per heavy atom. The van der Waals surface area contributed by atoms with Crippen molar-refractivity contribution < 1.29 is 0 Å². The van der Waals surface area contributed by atoms with Crippen LogP contribution in [-0.2, 0) is 0 Å². The molecule has 0 heterocycles. The second-order valence-corrected chi connectivity index (χ2v) is 5.57. The van der Waals surface area contributed by atoms with Gasteiger partial charge in [-0.3, -0.25) is 0 Å². The number of hydrogen-bond acceptors (Lipinski definition) is 2. The van der Waals surface area contributed by atoms with Crippen molar-refractivity contribution in [3.8, 4) is 11.1 Å². The van der Waals surface area contributed by atoms with Crippen molar-refractivity contribution >= 4 is 17.1 Å².